The Kier molecular flexibility index (Phi) is 33.7. The van der Waals surface area contributed by atoms with Crippen LogP contribution >= 0.6 is 77.0 Å². The van der Waals surface area contributed by atoms with E-state index in [1.807, 2.05) is 22.6 Å². The zero-order valence-electron chi connectivity index (χ0n) is 63.1. The number of hydrogen-bond donors (Lipinski definition) is 12. The van der Waals surface area contributed by atoms with Gasteiger partial charge < -0.3 is 93.5 Å². The number of ether oxygens (including phenoxy) is 6. The first-order valence-corrected chi connectivity index (χ1v) is 36.5. The van der Waals surface area contributed by atoms with Crippen molar-refractivity contribution in [2.45, 2.75) is 19.5 Å². The lowest BCUT2D eigenvalue weighted by Crippen LogP contribution is -2.11. The van der Waals surface area contributed by atoms with Gasteiger partial charge in [-0.3, -0.25) is 4.98 Å². The van der Waals surface area contributed by atoms with Crippen LogP contribution in [-0.4, -0.2) is 144 Å². The Morgan fingerprint density at radius 3 is 0.984 bits per heavy atom. The smallest absolute Gasteiger partial charge is 0.433 e. The minimum absolute atomic E-state index is 0.0146. The lowest BCUT2D eigenvalue weighted by Gasteiger charge is -2.13. The molecule has 50 heteroatoms. The molecule has 7 heterocycles. The van der Waals surface area contributed by atoms with Gasteiger partial charge in [0.1, 0.15) is 103 Å². The minimum atomic E-state index is -4.66. The van der Waals surface area contributed by atoms with E-state index < -0.39 is 243 Å². The van der Waals surface area contributed by atoms with E-state index in [0.29, 0.717) is 20.2 Å². The summed E-state index contributed by atoms with van der Waals surface area (Å²) >= 11 is 9.30. The van der Waals surface area contributed by atoms with Crippen LogP contribution in [0.3, 0.4) is 0 Å². The Balaban J connectivity index is 0.000000231. The van der Waals surface area contributed by atoms with Crippen molar-refractivity contribution in [2.24, 2.45) is 0 Å². The third-order valence-electron chi connectivity index (χ3n) is 15.8. The molecule has 18 N–H and O–H groups in total. The van der Waals surface area contributed by atoms with Crippen molar-refractivity contribution in [2.75, 3.05) is 77.1 Å². The number of halogens is 19. The van der Waals surface area contributed by atoms with Gasteiger partial charge in [-0.15, -0.1) is 0 Å². The minimum Gasteiger partial charge on any atom is -0.492 e. The van der Waals surface area contributed by atoms with Crippen LogP contribution in [0.1, 0.15) is 81.2 Å². The fourth-order valence-electron chi connectivity index (χ4n) is 10.2. The lowest BCUT2D eigenvalue weighted by atomic mass is 10.1. The van der Waals surface area contributed by atoms with Gasteiger partial charge in [0.05, 0.1) is 56.4 Å². The number of rotatable bonds is 18. The van der Waals surface area contributed by atoms with Gasteiger partial charge in [0.25, 0.3) is 0 Å². The first kappa shape index (κ1) is 99.5. The van der Waals surface area contributed by atoms with Crippen molar-refractivity contribution in [1.29, 1.82) is 0 Å². The number of alkyl halides is 3. The summed E-state index contributed by atoms with van der Waals surface area (Å²) in [5.74, 6) is -22.8. The van der Waals surface area contributed by atoms with E-state index in [0.717, 1.165) is 72.1 Å². The average molecular weight is 2110 g/mol. The van der Waals surface area contributed by atoms with E-state index in [1.54, 1.807) is 35.6 Å². The Morgan fingerprint density at radius 2 is 0.669 bits per heavy atom. The van der Waals surface area contributed by atoms with Crippen LogP contribution in [0.4, 0.5) is 100.0 Å². The van der Waals surface area contributed by atoms with E-state index in [-0.39, 0.29) is 54.0 Å². The van der Waals surface area contributed by atoms with Gasteiger partial charge in [0, 0.05) is 42.1 Å². The first-order chi connectivity index (χ1) is 58.0. The van der Waals surface area contributed by atoms with Gasteiger partial charge >= 0.3 is 42.0 Å². The highest BCUT2D eigenvalue weighted by Gasteiger charge is 2.35. The van der Waals surface area contributed by atoms with Crippen molar-refractivity contribution >= 4 is 147 Å². The van der Waals surface area contributed by atoms with E-state index in [9.17, 15) is 94.6 Å². The molecule has 0 unspecified atom stereocenters. The Bertz CT molecular complexity index is 5810. The second kappa shape index (κ2) is 42.0. The number of aromatic nitrogens is 7. The van der Waals surface area contributed by atoms with Gasteiger partial charge in [-0.2, -0.15) is 13.2 Å². The molecule has 7 aromatic heterocycles. The number of nitrogens with zero attached hydrogens (tertiary/aromatic N) is 7. The van der Waals surface area contributed by atoms with E-state index in [4.69, 9.17) is 93.5 Å². The molecule has 11 aromatic rings. The highest BCUT2D eigenvalue weighted by molar-refractivity contribution is 14.1. The van der Waals surface area contributed by atoms with Crippen LogP contribution in [0, 0.1) is 76.9 Å². The molecule has 0 amide bonds. The number of pyridine rings is 7. The molecule has 0 saturated carbocycles. The Hall–Kier alpha value is -13.3. The van der Waals surface area contributed by atoms with Crippen LogP contribution in [0.2, 0.25) is 0 Å². The summed E-state index contributed by atoms with van der Waals surface area (Å²) in [5, 5.41) is 54.1. The second-order valence-corrected chi connectivity index (χ2v) is 27.6. The highest BCUT2D eigenvalue weighted by atomic mass is 127. The van der Waals surface area contributed by atoms with Crippen LogP contribution in [-0.2, 0) is 12.6 Å². The number of carboxylic acids is 6. The number of aryl methyl sites for hydroxylation is 1. The summed E-state index contributed by atoms with van der Waals surface area (Å²) < 4.78 is 234. The van der Waals surface area contributed by atoms with E-state index in [1.165, 1.54) is 31.4 Å². The number of nitrogen functional groups attached to an aromatic ring is 6. The predicted octanol–water partition coefficient (Wildman–Crippen LogP) is 15.9. The number of aromatic carboxylic acids is 6. The third-order valence-corrected chi connectivity index (χ3v) is 18.4. The number of methoxy groups -OCH3 is 6. The molecule has 0 saturated heterocycles. The average Bonchev–Trinajstić information content (AvgIpc) is 0.787. The summed E-state index contributed by atoms with van der Waals surface area (Å²) in [6.07, 6.45) is -3.66. The summed E-state index contributed by atoms with van der Waals surface area (Å²) in [6.45, 7) is 1.66. The van der Waals surface area contributed by atoms with E-state index in [2.05, 4.69) is 66.7 Å². The summed E-state index contributed by atoms with van der Waals surface area (Å²) in [5.41, 5.74) is 20.2. The molecule has 0 fully saturated rings. The van der Waals surface area contributed by atoms with Crippen molar-refractivity contribution < 1.29 is 154 Å². The molecule has 124 heavy (non-hydrogen) atoms. The largest absolute Gasteiger partial charge is 0.492 e. The number of carboxylic acid groups (broad SMARTS) is 6. The van der Waals surface area contributed by atoms with Crippen molar-refractivity contribution in [1.82, 2.24) is 34.9 Å². The van der Waals surface area contributed by atoms with Crippen LogP contribution < -0.4 is 62.8 Å². The summed E-state index contributed by atoms with van der Waals surface area (Å²) in [4.78, 5) is 91.2. The SMILES string of the molecule is CCc1nc(C(=O)O)c(OC)c(N)c1F.COc1c(C(=O)O)nc(-c2cc(F)c(Br)cc2F)c(F)c1N.COc1c(C(=O)O)nc(-c2cc(F)c(I)cc2F)c(F)c1N.COc1c(C(=O)O)nc(-c2ccc(Br)cc2F)c(F)c1N.COc1c(C(=O)O)nc(-c2ccc(C(F)(F)F)nc2)c(F)c1N.COc1c(C(=O)O)nc(-c2ccc(I)cc2F)c(F)c1N. The molecule has 0 atom stereocenters. The molecule has 0 aliphatic heterocycles. The summed E-state index contributed by atoms with van der Waals surface area (Å²) in [6, 6.07) is 12.4. The van der Waals surface area contributed by atoms with Crippen molar-refractivity contribution in [3.8, 4) is 90.8 Å². The molecular weight excluding hydrogens is 2060 g/mol. The molecule has 656 valence electrons. The normalized spacial score (nSPS) is 10.6. The first-order valence-electron chi connectivity index (χ1n) is 32.8. The maximum atomic E-state index is 14.2. The monoisotopic (exact) mass is 2110 g/mol. The van der Waals surface area contributed by atoms with E-state index >= 15 is 0 Å². The molecule has 4 aromatic carbocycles. The van der Waals surface area contributed by atoms with Crippen molar-refractivity contribution in [3.05, 3.63) is 210 Å². The molecule has 0 spiro atoms. The molecule has 0 aliphatic carbocycles. The number of hydrogen-bond acceptors (Lipinski definition) is 25. The molecule has 0 bridgehead atoms. The number of carbonyl (C=O) groups is 6. The van der Waals surface area contributed by atoms with Gasteiger partial charge in [-0.25, -0.2) is 111 Å². The molecule has 0 radical (unpaired) electrons. The standard InChI is InChI=1S/C13H8BrF3N2O3.C13H9BrF2N2O3.C13H9F4N3O3.C13H8F3IN2O3.C13H9F2IN2O3.C9H11FN2O3/c1-22-12-9(18)8(17)10(19-11(12)13(20)21)4-2-7(16)5(14)3-6(4)15;1-21-12-9(17)8(16)10(18-11(12)13(19)20)6-3-2-5(14)4-7(6)15;1-23-11-8(18)7(14)9(20-10(11)12(21)22)5-2-3-6(19-4-5)13(15,16)17;1-22-12-9(18)8(16)10(19-11(12)13(20)21)4-2-6(15)7(17)3-5(4)14;1-21-12-9(17)8(15)10(18-11(12)13(19)20)6-3-2-5(16)4-7(6)14;1-3-4-5(10)6(11)8(15-2)7(12-4)9(13)14/h2-3H,1H3,(H2,18,19)(H,20,21);2-4H,1H3,(H2,17,18)(H,19,20);2-4H,1H3,(H2,18,20)(H,21,22);2-3H,1H3,(H2,18,19)(H,20,21);2-4H,1H3,(H2,17,18)(H,19,20);3H2,1-2H3,(H2,11,12)(H,13,14). The fraction of sp³-hybridized carbons (Fsp3) is 0.122. The second-order valence-electron chi connectivity index (χ2n) is 23.4. The van der Waals surface area contributed by atoms with Gasteiger partial charge in [-0.05, 0) is 140 Å². The zero-order chi connectivity index (χ0) is 93.6. The predicted molar refractivity (Wildman–Crippen MR) is 433 cm³/mol. The molecule has 0 aliphatic rings. The Labute approximate surface area is 728 Å². The molecule has 31 nitrogen and oxygen atoms in total. The summed E-state index contributed by atoms with van der Waals surface area (Å²) in [7, 11) is 6.75. The van der Waals surface area contributed by atoms with Crippen LogP contribution in [0.5, 0.6) is 34.5 Å². The quantitative estimate of drug-likeness (QED) is 0.0216. The highest BCUT2D eigenvalue weighted by Crippen LogP contribution is 2.42. The van der Waals surface area contributed by atoms with Crippen LogP contribution in [0.15, 0.2) is 87.9 Å². The van der Waals surface area contributed by atoms with Gasteiger partial charge in [0.15, 0.2) is 104 Å². The number of anilines is 6. The number of benzene rings is 4. The topological polar surface area (TPSA) is 526 Å². The lowest BCUT2D eigenvalue weighted by molar-refractivity contribution is -0.141. The fourth-order valence-corrected chi connectivity index (χ4v) is 11.7. The molecular formula is C74H54Br2F15I2N13O18. The zero-order valence-corrected chi connectivity index (χ0v) is 70.6. The molecule has 11 rings (SSSR count). The van der Waals surface area contributed by atoms with Gasteiger partial charge in [0.2, 0.25) is 0 Å². The maximum absolute atomic E-state index is 14.2. The van der Waals surface area contributed by atoms with Gasteiger partial charge in [-0.1, -0.05) is 22.9 Å². The number of nitrogens with two attached hydrogens (primary N) is 6. The third kappa shape index (κ3) is 22.1. The maximum Gasteiger partial charge on any atom is 0.433 e. The van der Waals surface area contributed by atoms with Crippen LogP contribution in [0.25, 0.3) is 56.3 Å². The van der Waals surface area contributed by atoms with Crippen molar-refractivity contribution in [3.63, 3.8) is 0 Å². The Morgan fingerprint density at radius 1 is 0.371 bits per heavy atom.